The summed E-state index contributed by atoms with van der Waals surface area (Å²) < 4.78 is 32.0. The van der Waals surface area contributed by atoms with E-state index in [4.69, 9.17) is 4.74 Å². The first kappa shape index (κ1) is 24.7. The van der Waals surface area contributed by atoms with E-state index in [2.05, 4.69) is 6.07 Å². The lowest BCUT2D eigenvalue weighted by atomic mass is 9.98. The maximum absolute atomic E-state index is 12.9. The van der Waals surface area contributed by atoms with Gasteiger partial charge in [0.25, 0.3) is 5.91 Å². The van der Waals surface area contributed by atoms with E-state index >= 15 is 0 Å². The molecule has 0 radical (unpaired) electrons. The predicted molar refractivity (Wildman–Crippen MR) is 139 cm³/mol. The van der Waals surface area contributed by atoms with Gasteiger partial charge in [0.1, 0.15) is 0 Å². The van der Waals surface area contributed by atoms with Gasteiger partial charge in [-0.15, -0.1) is 0 Å². The molecule has 1 unspecified atom stereocenters. The summed E-state index contributed by atoms with van der Waals surface area (Å²) in [7, 11) is -3.10. The molecule has 0 saturated heterocycles. The van der Waals surface area contributed by atoms with Crippen molar-refractivity contribution in [2.45, 2.75) is 46.6 Å². The van der Waals surface area contributed by atoms with E-state index in [1.165, 1.54) is 4.31 Å². The summed E-state index contributed by atoms with van der Waals surface area (Å²) >= 11 is 0. The number of amides is 1. The number of benzene rings is 3. The van der Waals surface area contributed by atoms with Crippen molar-refractivity contribution in [3.8, 4) is 0 Å². The highest BCUT2D eigenvalue weighted by Crippen LogP contribution is 2.42. The van der Waals surface area contributed by atoms with E-state index < -0.39 is 22.9 Å². The lowest BCUT2D eigenvalue weighted by Crippen LogP contribution is -2.38. The summed E-state index contributed by atoms with van der Waals surface area (Å²) in [6.45, 7) is 8.34. The molecule has 7 nitrogen and oxygen atoms in total. The molecule has 3 aromatic carbocycles. The van der Waals surface area contributed by atoms with Gasteiger partial charge in [0.15, 0.2) is 0 Å². The maximum atomic E-state index is 12.9. The van der Waals surface area contributed by atoms with E-state index in [0.717, 1.165) is 27.8 Å². The number of esters is 1. The first-order chi connectivity index (χ1) is 16.7. The Morgan fingerprint density at radius 1 is 1.06 bits per heavy atom. The van der Waals surface area contributed by atoms with Crippen LogP contribution in [0.3, 0.4) is 0 Å². The smallest absolute Gasteiger partial charge is 0.307 e. The van der Waals surface area contributed by atoms with Crippen LogP contribution >= 0.6 is 0 Å². The highest BCUT2D eigenvalue weighted by molar-refractivity contribution is 7.74. The molecule has 0 aliphatic carbocycles. The fourth-order valence-electron chi connectivity index (χ4n) is 5.08. The highest BCUT2D eigenvalue weighted by Gasteiger charge is 2.32. The van der Waals surface area contributed by atoms with Gasteiger partial charge in [0, 0.05) is 22.9 Å². The first-order valence-electron chi connectivity index (χ1n) is 11.8. The Bertz CT molecular complexity index is 1350. The third-order valence-corrected chi connectivity index (χ3v) is 7.20. The van der Waals surface area contributed by atoms with Crippen molar-refractivity contribution in [3.63, 3.8) is 0 Å². The summed E-state index contributed by atoms with van der Waals surface area (Å²) in [5.74, 6) is -0.552. The fraction of sp³-hybridized carbons (Fsp3) is 0.333. The van der Waals surface area contributed by atoms with Crippen molar-refractivity contribution in [1.29, 1.82) is 0 Å². The molecule has 1 aliphatic heterocycles. The number of anilines is 2. The van der Waals surface area contributed by atoms with Gasteiger partial charge < -0.3 is 9.64 Å². The van der Waals surface area contributed by atoms with Gasteiger partial charge in [-0.3, -0.25) is 13.9 Å². The average molecular weight is 495 g/mol. The van der Waals surface area contributed by atoms with E-state index in [1.54, 1.807) is 36.1 Å². The Kier molecular flexibility index (Phi) is 7.12. The zero-order valence-electron chi connectivity index (χ0n) is 20.4. The number of hydrogen-bond acceptors (Lipinski definition) is 5. The van der Waals surface area contributed by atoms with Crippen molar-refractivity contribution in [2.24, 2.45) is 0 Å². The minimum atomic E-state index is -3.10. The van der Waals surface area contributed by atoms with E-state index in [9.17, 15) is 18.0 Å². The van der Waals surface area contributed by atoms with Crippen LogP contribution in [-0.2, 0) is 26.8 Å². The molecule has 1 heterocycles. The summed E-state index contributed by atoms with van der Waals surface area (Å²) in [5, 5.41) is 1.40. The van der Waals surface area contributed by atoms with Crippen LogP contribution < -0.4 is 9.21 Å². The molecule has 8 heteroatoms. The second-order valence-electron chi connectivity index (χ2n) is 8.83. The summed E-state index contributed by atoms with van der Waals surface area (Å²) in [6.07, 6.45) is 0.251. The minimum Gasteiger partial charge on any atom is -0.466 e. The Morgan fingerprint density at radius 3 is 2.40 bits per heavy atom. The zero-order chi connectivity index (χ0) is 25.3. The number of carbonyl (C=O) groups excluding carboxylic acids is 2. The van der Waals surface area contributed by atoms with Crippen LogP contribution in [0.1, 0.15) is 47.3 Å². The van der Waals surface area contributed by atoms with Crippen molar-refractivity contribution in [2.75, 3.05) is 22.4 Å². The number of thiol groups is 1. The number of nitrogens with zero attached hydrogens (tertiary/aromatic N) is 2. The highest BCUT2D eigenvalue weighted by atomic mass is 32.2. The molecule has 1 amide bonds. The zero-order valence-corrected chi connectivity index (χ0v) is 21.3. The summed E-state index contributed by atoms with van der Waals surface area (Å²) in [6, 6.07) is 14.3. The van der Waals surface area contributed by atoms with E-state index in [1.807, 2.05) is 39.0 Å². The van der Waals surface area contributed by atoms with Gasteiger partial charge in [-0.25, -0.2) is 8.42 Å². The minimum absolute atomic E-state index is 0.0902. The second-order valence-corrected chi connectivity index (χ2v) is 9.73. The third kappa shape index (κ3) is 4.75. The number of ether oxygens (including phenoxy) is 1. The van der Waals surface area contributed by atoms with E-state index in [-0.39, 0.29) is 18.9 Å². The van der Waals surface area contributed by atoms with Crippen molar-refractivity contribution < 1.29 is 22.7 Å². The van der Waals surface area contributed by atoms with Crippen LogP contribution in [0.4, 0.5) is 11.4 Å². The molecule has 1 aliphatic rings. The normalized spacial score (nSPS) is 13.5. The Morgan fingerprint density at radius 2 is 1.77 bits per heavy atom. The van der Waals surface area contributed by atoms with Crippen molar-refractivity contribution in [3.05, 3.63) is 70.8 Å². The number of carbonyl (C=O) groups is 2. The van der Waals surface area contributed by atoms with Gasteiger partial charge in [0.2, 0.25) is 10.9 Å². The molecule has 35 heavy (non-hydrogen) atoms. The largest absolute Gasteiger partial charge is 0.466 e. The molecule has 0 fully saturated rings. The van der Waals surface area contributed by atoms with Gasteiger partial charge in [-0.2, -0.15) is 0 Å². The van der Waals surface area contributed by atoms with Gasteiger partial charge >= 0.3 is 5.97 Å². The van der Waals surface area contributed by atoms with Gasteiger partial charge in [-0.05, 0) is 57.9 Å². The van der Waals surface area contributed by atoms with Crippen LogP contribution in [0, 0.1) is 13.8 Å². The molecule has 0 aromatic heterocycles. The Balaban J connectivity index is 1.86. The SMILES string of the molecule is CCOC(=O)CC(Cc1cc(C)cc(C)c1)N(c1ccc2c3c(cccc13)C(=O)N2CC)[SH](=O)=O. The fourth-order valence-corrected chi connectivity index (χ4v) is 5.86. The van der Waals surface area contributed by atoms with Gasteiger partial charge in [0.05, 0.1) is 30.4 Å². The number of hydrogen-bond donors (Lipinski definition) is 1. The molecule has 0 saturated carbocycles. The lowest BCUT2D eigenvalue weighted by Gasteiger charge is -2.29. The summed E-state index contributed by atoms with van der Waals surface area (Å²) in [4.78, 5) is 27.1. The standard InChI is InChI=1S/C27H30N2O5S/c1-5-28-24-11-10-23(21-8-7-9-22(26(21)24)27(28)31)29(35(32)33)20(16-25(30)34-6-2)15-19-13-17(3)12-18(4)14-19/h7-14,20,35H,5-6,15-16H2,1-4H3. The van der Waals surface area contributed by atoms with Crippen molar-refractivity contribution in [1.82, 2.24) is 0 Å². The molecule has 1 atom stereocenters. The molecule has 3 aromatic rings. The van der Waals surface area contributed by atoms with Crippen LogP contribution in [0.15, 0.2) is 48.5 Å². The molecule has 0 spiro atoms. The summed E-state index contributed by atoms with van der Waals surface area (Å²) in [5.41, 5.74) is 4.85. The molecule has 184 valence electrons. The molecule has 0 bridgehead atoms. The van der Waals surface area contributed by atoms with Crippen LogP contribution in [-0.4, -0.2) is 39.5 Å². The van der Waals surface area contributed by atoms with Crippen LogP contribution in [0.2, 0.25) is 0 Å². The van der Waals surface area contributed by atoms with Crippen LogP contribution in [0.25, 0.3) is 10.8 Å². The average Bonchev–Trinajstić information content (AvgIpc) is 3.07. The maximum Gasteiger partial charge on any atom is 0.307 e. The molecular weight excluding hydrogens is 464 g/mol. The predicted octanol–water partition coefficient (Wildman–Crippen LogP) is 4.33. The van der Waals surface area contributed by atoms with Crippen LogP contribution in [0.5, 0.6) is 0 Å². The number of aryl methyl sites for hydroxylation is 2. The Hall–Kier alpha value is -3.39. The number of rotatable bonds is 9. The lowest BCUT2D eigenvalue weighted by molar-refractivity contribution is -0.143. The monoisotopic (exact) mass is 494 g/mol. The topological polar surface area (TPSA) is 84.0 Å². The van der Waals surface area contributed by atoms with Crippen molar-refractivity contribution >= 4 is 44.9 Å². The third-order valence-electron chi connectivity index (χ3n) is 6.31. The molecular formula is C27H30N2O5S. The molecule has 4 rings (SSSR count). The Labute approximate surface area is 207 Å². The van der Waals surface area contributed by atoms with Gasteiger partial charge in [-0.1, -0.05) is 41.5 Å². The second kappa shape index (κ2) is 10.1. The quantitative estimate of drug-likeness (QED) is 0.354. The first-order valence-corrected chi connectivity index (χ1v) is 12.9. The van der Waals surface area contributed by atoms with E-state index in [0.29, 0.717) is 29.6 Å². The molecule has 0 N–H and O–H groups in total.